The molecule has 1 unspecified atom stereocenters. The Morgan fingerprint density at radius 2 is 2.56 bits per heavy atom. The SMILES string of the molecule is CN1CCNC(CC(=O)c2cccnc2)C1. The fourth-order valence-electron chi connectivity index (χ4n) is 2.00. The molecule has 0 bridgehead atoms. The molecule has 1 saturated heterocycles. The van der Waals surface area contributed by atoms with Gasteiger partial charge >= 0.3 is 0 Å². The van der Waals surface area contributed by atoms with Crippen molar-refractivity contribution in [2.45, 2.75) is 12.5 Å². The van der Waals surface area contributed by atoms with Gasteiger partial charge in [-0.15, -0.1) is 0 Å². The molecular formula is C12H17N3O. The van der Waals surface area contributed by atoms with Crippen LogP contribution in [-0.2, 0) is 0 Å². The highest BCUT2D eigenvalue weighted by atomic mass is 16.1. The molecule has 0 radical (unpaired) electrons. The van der Waals surface area contributed by atoms with Gasteiger partial charge in [0.2, 0.25) is 0 Å². The molecule has 0 saturated carbocycles. The van der Waals surface area contributed by atoms with Crippen molar-refractivity contribution in [2.75, 3.05) is 26.7 Å². The number of aromatic nitrogens is 1. The molecule has 1 N–H and O–H groups in total. The number of pyridine rings is 1. The number of carbonyl (C=O) groups is 1. The largest absolute Gasteiger partial charge is 0.311 e. The van der Waals surface area contributed by atoms with E-state index in [4.69, 9.17) is 0 Å². The van der Waals surface area contributed by atoms with E-state index in [0.29, 0.717) is 12.0 Å². The van der Waals surface area contributed by atoms with Crippen LogP contribution in [0.1, 0.15) is 16.8 Å². The zero-order valence-electron chi connectivity index (χ0n) is 9.52. The standard InChI is InChI=1S/C12H17N3O/c1-15-6-5-14-11(9-15)7-12(16)10-3-2-4-13-8-10/h2-4,8,11,14H,5-7,9H2,1H3. The summed E-state index contributed by atoms with van der Waals surface area (Å²) in [6.45, 7) is 2.95. The molecule has 4 nitrogen and oxygen atoms in total. The second-order valence-corrected chi connectivity index (χ2v) is 4.28. The third-order valence-corrected chi connectivity index (χ3v) is 2.87. The number of carbonyl (C=O) groups excluding carboxylic acids is 1. The van der Waals surface area contributed by atoms with E-state index in [1.807, 2.05) is 6.07 Å². The molecule has 1 fully saturated rings. The number of rotatable bonds is 3. The Morgan fingerprint density at radius 1 is 1.69 bits per heavy atom. The normalized spacial score (nSPS) is 21.9. The van der Waals surface area contributed by atoms with E-state index in [-0.39, 0.29) is 11.8 Å². The van der Waals surface area contributed by atoms with E-state index in [9.17, 15) is 4.79 Å². The Labute approximate surface area is 95.7 Å². The van der Waals surface area contributed by atoms with Gasteiger partial charge in [0.15, 0.2) is 5.78 Å². The first-order valence-electron chi connectivity index (χ1n) is 5.61. The Balaban J connectivity index is 1.92. The third kappa shape index (κ3) is 2.87. The lowest BCUT2D eigenvalue weighted by Crippen LogP contribution is -2.49. The monoisotopic (exact) mass is 219 g/mol. The zero-order valence-corrected chi connectivity index (χ0v) is 9.52. The summed E-state index contributed by atoms with van der Waals surface area (Å²) in [5.74, 6) is 0.168. The van der Waals surface area contributed by atoms with Crippen LogP contribution in [0.15, 0.2) is 24.5 Å². The van der Waals surface area contributed by atoms with Crippen molar-refractivity contribution in [2.24, 2.45) is 0 Å². The topological polar surface area (TPSA) is 45.2 Å². The Kier molecular flexibility index (Phi) is 3.64. The summed E-state index contributed by atoms with van der Waals surface area (Å²) in [5, 5.41) is 3.37. The third-order valence-electron chi connectivity index (χ3n) is 2.87. The van der Waals surface area contributed by atoms with E-state index in [1.54, 1.807) is 18.5 Å². The number of hydrogen-bond acceptors (Lipinski definition) is 4. The smallest absolute Gasteiger partial charge is 0.166 e. The zero-order chi connectivity index (χ0) is 11.4. The average Bonchev–Trinajstić information content (AvgIpc) is 2.30. The van der Waals surface area contributed by atoms with Crippen molar-refractivity contribution in [3.63, 3.8) is 0 Å². The fraction of sp³-hybridized carbons (Fsp3) is 0.500. The summed E-state index contributed by atoms with van der Waals surface area (Å²) >= 11 is 0. The lowest BCUT2D eigenvalue weighted by Gasteiger charge is -2.30. The number of hydrogen-bond donors (Lipinski definition) is 1. The van der Waals surface area contributed by atoms with Gasteiger partial charge in [0, 0.05) is 50.1 Å². The second-order valence-electron chi connectivity index (χ2n) is 4.28. The van der Waals surface area contributed by atoms with Crippen LogP contribution in [-0.4, -0.2) is 48.4 Å². The minimum Gasteiger partial charge on any atom is -0.311 e. The molecule has 2 heterocycles. The predicted octanol–water partition coefficient (Wildman–Crippen LogP) is 0.558. The van der Waals surface area contributed by atoms with Crippen molar-refractivity contribution in [1.29, 1.82) is 0 Å². The fourth-order valence-corrected chi connectivity index (χ4v) is 2.00. The van der Waals surface area contributed by atoms with Crippen LogP contribution in [0.2, 0.25) is 0 Å². The molecule has 16 heavy (non-hydrogen) atoms. The van der Waals surface area contributed by atoms with Crippen LogP contribution >= 0.6 is 0 Å². The first kappa shape index (κ1) is 11.2. The van der Waals surface area contributed by atoms with Gasteiger partial charge in [0.1, 0.15) is 0 Å². The van der Waals surface area contributed by atoms with Crippen LogP contribution in [0, 0.1) is 0 Å². The molecule has 4 heteroatoms. The summed E-state index contributed by atoms with van der Waals surface area (Å²) in [6, 6.07) is 3.89. The highest BCUT2D eigenvalue weighted by molar-refractivity contribution is 5.96. The van der Waals surface area contributed by atoms with Crippen molar-refractivity contribution < 1.29 is 4.79 Å². The number of Topliss-reactive ketones (excluding diaryl/α,β-unsaturated/α-hetero) is 1. The van der Waals surface area contributed by atoms with Crippen LogP contribution < -0.4 is 5.32 Å². The molecule has 0 spiro atoms. The first-order chi connectivity index (χ1) is 7.75. The average molecular weight is 219 g/mol. The first-order valence-corrected chi connectivity index (χ1v) is 5.61. The Hall–Kier alpha value is -1.26. The van der Waals surface area contributed by atoms with Gasteiger partial charge in [-0.2, -0.15) is 0 Å². The number of nitrogens with zero attached hydrogens (tertiary/aromatic N) is 2. The van der Waals surface area contributed by atoms with E-state index in [0.717, 1.165) is 19.6 Å². The molecule has 86 valence electrons. The molecule has 1 aliphatic heterocycles. The van der Waals surface area contributed by atoms with Crippen molar-refractivity contribution >= 4 is 5.78 Å². The van der Waals surface area contributed by atoms with Crippen molar-refractivity contribution in [3.05, 3.63) is 30.1 Å². The lowest BCUT2D eigenvalue weighted by molar-refractivity contribution is 0.0951. The minimum atomic E-state index is 0.168. The van der Waals surface area contributed by atoms with Gasteiger partial charge in [-0.25, -0.2) is 0 Å². The maximum atomic E-state index is 11.9. The number of ketones is 1. The quantitative estimate of drug-likeness (QED) is 0.754. The molecule has 1 atom stereocenters. The van der Waals surface area contributed by atoms with Gasteiger partial charge in [-0.1, -0.05) is 0 Å². The molecule has 1 aromatic heterocycles. The van der Waals surface area contributed by atoms with Crippen LogP contribution in [0.4, 0.5) is 0 Å². The van der Waals surface area contributed by atoms with Gasteiger partial charge in [0.25, 0.3) is 0 Å². The predicted molar refractivity (Wildman–Crippen MR) is 62.5 cm³/mol. The van der Waals surface area contributed by atoms with E-state index >= 15 is 0 Å². The Bertz CT molecular complexity index is 353. The Morgan fingerprint density at radius 3 is 3.25 bits per heavy atom. The molecule has 1 aromatic rings. The summed E-state index contributed by atoms with van der Waals surface area (Å²) in [7, 11) is 2.09. The summed E-state index contributed by atoms with van der Waals surface area (Å²) in [6.07, 6.45) is 3.87. The molecule has 2 rings (SSSR count). The van der Waals surface area contributed by atoms with Gasteiger partial charge in [-0.05, 0) is 19.2 Å². The number of likely N-dealkylation sites (N-methyl/N-ethyl adjacent to an activating group) is 1. The molecular weight excluding hydrogens is 202 g/mol. The highest BCUT2D eigenvalue weighted by Gasteiger charge is 2.19. The van der Waals surface area contributed by atoms with E-state index in [1.165, 1.54) is 0 Å². The maximum absolute atomic E-state index is 11.9. The van der Waals surface area contributed by atoms with Gasteiger partial charge < -0.3 is 10.2 Å². The van der Waals surface area contributed by atoms with Crippen molar-refractivity contribution in [3.8, 4) is 0 Å². The van der Waals surface area contributed by atoms with E-state index in [2.05, 4.69) is 22.2 Å². The van der Waals surface area contributed by atoms with Crippen LogP contribution in [0.25, 0.3) is 0 Å². The summed E-state index contributed by atoms with van der Waals surface area (Å²) < 4.78 is 0. The van der Waals surface area contributed by atoms with Crippen LogP contribution in [0.3, 0.4) is 0 Å². The van der Waals surface area contributed by atoms with Gasteiger partial charge in [0.05, 0.1) is 0 Å². The summed E-state index contributed by atoms with van der Waals surface area (Å²) in [4.78, 5) is 18.1. The lowest BCUT2D eigenvalue weighted by atomic mass is 10.0. The molecule has 1 aliphatic rings. The maximum Gasteiger partial charge on any atom is 0.166 e. The van der Waals surface area contributed by atoms with Crippen molar-refractivity contribution in [1.82, 2.24) is 15.2 Å². The van der Waals surface area contributed by atoms with E-state index < -0.39 is 0 Å². The second kappa shape index (κ2) is 5.18. The molecule has 0 aromatic carbocycles. The highest BCUT2D eigenvalue weighted by Crippen LogP contribution is 2.07. The number of nitrogens with one attached hydrogen (secondary N) is 1. The minimum absolute atomic E-state index is 0.168. The number of piperazine rings is 1. The van der Waals surface area contributed by atoms with Crippen LogP contribution in [0.5, 0.6) is 0 Å². The van der Waals surface area contributed by atoms with Gasteiger partial charge in [-0.3, -0.25) is 9.78 Å². The summed E-state index contributed by atoms with van der Waals surface area (Å²) in [5.41, 5.74) is 0.706. The molecule has 0 aliphatic carbocycles. The molecule has 0 amide bonds.